The average Bonchev–Trinajstić information content (AvgIpc) is 1.69. The normalized spacial score (nSPS) is 11.0. The zero-order valence-corrected chi connectivity index (χ0v) is 4.73. The average molecular weight is 129 g/mol. The molecule has 1 N–H and O–H groups in total. The van der Waals surface area contributed by atoms with Crippen LogP contribution in [0.3, 0.4) is 0 Å². The van der Waals surface area contributed by atoms with Crippen molar-refractivity contribution < 1.29 is 8.76 Å². The van der Waals surface area contributed by atoms with E-state index >= 15 is 0 Å². The lowest BCUT2D eigenvalue weighted by Gasteiger charge is -1.78. The molecule has 0 amide bonds. The summed E-state index contributed by atoms with van der Waals surface area (Å²) < 4.78 is 18.0. The highest BCUT2D eigenvalue weighted by atomic mass is 32.2. The van der Waals surface area contributed by atoms with E-state index in [1.165, 1.54) is 6.07 Å². The number of rotatable bonds is 1. The fraction of sp³-hybridized carbons (Fsp3) is 0. The van der Waals surface area contributed by atoms with E-state index in [9.17, 15) is 4.21 Å². The zero-order valence-electron chi connectivity index (χ0n) is 3.92. The summed E-state index contributed by atoms with van der Waals surface area (Å²) in [6.45, 7) is 3.02. The minimum Gasteiger partial charge on any atom is -0.301 e. The molecule has 0 saturated heterocycles. The van der Waals surface area contributed by atoms with Crippen molar-refractivity contribution >= 4 is 11.1 Å². The van der Waals surface area contributed by atoms with Crippen LogP contribution in [0.15, 0.2) is 17.2 Å². The molecular formula is C4H3NO2S. The molecule has 3 nitrogen and oxygen atoms in total. The van der Waals surface area contributed by atoms with Crippen molar-refractivity contribution in [2.75, 3.05) is 0 Å². The van der Waals surface area contributed by atoms with E-state index in [1.807, 2.05) is 5.73 Å². The van der Waals surface area contributed by atoms with Gasteiger partial charge in [-0.05, 0) is 0 Å². The largest absolute Gasteiger partial charge is 0.301 e. The maximum Gasteiger partial charge on any atom is 0.205 e. The standard InChI is InChI=1S/C4H3NO2S/c1-2-4(3-5)8(6)7/h1H2,(H,6,7). The smallest absolute Gasteiger partial charge is 0.205 e. The van der Waals surface area contributed by atoms with Crippen LogP contribution in [-0.4, -0.2) is 8.76 Å². The summed E-state index contributed by atoms with van der Waals surface area (Å²) in [5.41, 5.74) is 2.01. The SMILES string of the molecule is C=C=C(C#N)S(=O)O. The Labute approximate surface area is 49.2 Å². The molecule has 0 aliphatic rings. The third-order valence-electron chi connectivity index (χ3n) is 0.437. The van der Waals surface area contributed by atoms with Crippen LogP contribution in [0.25, 0.3) is 0 Å². The van der Waals surface area contributed by atoms with Crippen molar-refractivity contribution in [2.24, 2.45) is 0 Å². The zero-order chi connectivity index (χ0) is 6.57. The van der Waals surface area contributed by atoms with Gasteiger partial charge in [0.2, 0.25) is 11.1 Å². The van der Waals surface area contributed by atoms with Crippen molar-refractivity contribution in [1.29, 1.82) is 5.26 Å². The number of hydrogen-bond donors (Lipinski definition) is 1. The van der Waals surface area contributed by atoms with Gasteiger partial charge in [-0.1, -0.05) is 12.3 Å². The first-order valence-electron chi connectivity index (χ1n) is 1.63. The number of allylic oxidation sites excluding steroid dienone is 1. The van der Waals surface area contributed by atoms with Crippen molar-refractivity contribution in [2.45, 2.75) is 0 Å². The van der Waals surface area contributed by atoms with E-state index in [1.54, 1.807) is 0 Å². The molecule has 8 heavy (non-hydrogen) atoms. The van der Waals surface area contributed by atoms with Crippen molar-refractivity contribution in [3.63, 3.8) is 0 Å². The molecule has 0 heterocycles. The van der Waals surface area contributed by atoms with Crippen LogP contribution in [-0.2, 0) is 11.1 Å². The monoisotopic (exact) mass is 129 g/mol. The highest BCUT2D eigenvalue weighted by molar-refractivity contribution is 7.83. The summed E-state index contributed by atoms with van der Waals surface area (Å²) in [5.74, 6) is 0. The van der Waals surface area contributed by atoms with E-state index in [-0.39, 0.29) is 4.91 Å². The van der Waals surface area contributed by atoms with Gasteiger partial charge in [-0.15, -0.1) is 0 Å². The van der Waals surface area contributed by atoms with Gasteiger partial charge in [0.1, 0.15) is 6.07 Å². The van der Waals surface area contributed by atoms with Crippen LogP contribution in [0.4, 0.5) is 0 Å². The lowest BCUT2D eigenvalue weighted by Crippen LogP contribution is -1.85. The van der Waals surface area contributed by atoms with Crippen LogP contribution >= 0.6 is 0 Å². The second-order valence-corrected chi connectivity index (χ2v) is 1.77. The van der Waals surface area contributed by atoms with Crippen LogP contribution in [0, 0.1) is 11.3 Å². The van der Waals surface area contributed by atoms with Gasteiger partial charge in [-0.3, -0.25) is 0 Å². The summed E-state index contributed by atoms with van der Waals surface area (Å²) in [6.07, 6.45) is 0. The first kappa shape index (κ1) is 7.12. The summed E-state index contributed by atoms with van der Waals surface area (Å²) >= 11 is -2.22. The Hall–Kier alpha value is -0.880. The minimum absolute atomic E-state index is 0.343. The first-order chi connectivity index (χ1) is 3.72. The lowest BCUT2D eigenvalue weighted by atomic mass is 10.7. The van der Waals surface area contributed by atoms with E-state index in [0.717, 1.165) is 0 Å². The Morgan fingerprint density at radius 2 is 2.38 bits per heavy atom. The van der Waals surface area contributed by atoms with Crippen LogP contribution in [0.5, 0.6) is 0 Å². The van der Waals surface area contributed by atoms with Gasteiger partial charge in [0.25, 0.3) is 0 Å². The topological polar surface area (TPSA) is 61.1 Å². The Kier molecular flexibility index (Phi) is 2.82. The molecule has 4 heteroatoms. The van der Waals surface area contributed by atoms with Gasteiger partial charge < -0.3 is 4.55 Å². The van der Waals surface area contributed by atoms with Gasteiger partial charge in [0.05, 0.1) is 0 Å². The molecule has 0 spiro atoms. The van der Waals surface area contributed by atoms with Gasteiger partial charge in [-0.2, -0.15) is 5.26 Å². The highest BCUT2D eigenvalue weighted by Gasteiger charge is 1.97. The van der Waals surface area contributed by atoms with E-state index in [4.69, 9.17) is 9.81 Å². The number of nitriles is 1. The second-order valence-electron chi connectivity index (χ2n) is 0.867. The van der Waals surface area contributed by atoms with E-state index in [2.05, 4.69) is 6.58 Å². The molecule has 0 aromatic carbocycles. The molecule has 0 aromatic heterocycles. The second kappa shape index (κ2) is 3.16. The summed E-state index contributed by atoms with van der Waals surface area (Å²) in [6, 6.07) is 1.44. The molecule has 1 atom stereocenters. The minimum atomic E-state index is -2.22. The maximum atomic E-state index is 9.91. The van der Waals surface area contributed by atoms with Gasteiger partial charge in [0, 0.05) is 0 Å². The molecule has 1 unspecified atom stereocenters. The van der Waals surface area contributed by atoms with Crippen molar-refractivity contribution in [3.05, 3.63) is 17.2 Å². The Bertz CT molecular complexity index is 197. The predicted molar refractivity (Wildman–Crippen MR) is 29.0 cm³/mol. The first-order valence-corrected chi connectivity index (χ1v) is 2.74. The number of hydrogen-bond acceptors (Lipinski definition) is 2. The molecule has 0 aliphatic heterocycles. The Morgan fingerprint density at radius 1 is 1.88 bits per heavy atom. The van der Waals surface area contributed by atoms with Crippen LogP contribution < -0.4 is 0 Å². The van der Waals surface area contributed by atoms with Crippen molar-refractivity contribution in [1.82, 2.24) is 0 Å². The molecule has 0 bridgehead atoms. The highest BCUT2D eigenvalue weighted by Crippen LogP contribution is 1.90. The third kappa shape index (κ3) is 1.71. The van der Waals surface area contributed by atoms with Gasteiger partial charge in [0.15, 0.2) is 4.91 Å². The van der Waals surface area contributed by atoms with E-state index in [0.29, 0.717) is 0 Å². The fourth-order valence-electron chi connectivity index (χ4n) is 0.140. The van der Waals surface area contributed by atoms with E-state index < -0.39 is 11.1 Å². The summed E-state index contributed by atoms with van der Waals surface area (Å²) in [7, 11) is 0. The predicted octanol–water partition coefficient (Wildman–Crippen LogP) is 0.400. The van der Waals surface area contributed by atoms with Gasteiger partial charge in [-0.25, -0.2) is 4.21 Å². The fourth-order valence-corrected chi connectivity index (χ4v) is 0.342. The van der Waals surface area contributed by atoms with Crippen LogP contribution in [0.2, 0.25) is 0 Å². The Morgan fingerprint density at radius 3 is 2.38 bits per heavy atom. The Balaban J connectivity index is 4.46. The molecule has 0 fully saturated rings. The lowest BCUT2D eigenvalue weighted by molar-refractivity contribution is 0.572. The van der Waals surface area contributed by atoms with Gasteiger partial charge >= 0.3 is 0 Å². The molecule has 0 radical (unpaired) electrons. The number of nitrogens with zero attached hydrogens (tertiary/aromatic N) is 1. The molecular weight excluding hydrogens is 126 g/mol. The van der Waals surface area contributed by atoms with Crippen LogP contribution in [0.1, 0.15) is 0 Å². The quantitative estimate of drug-likeness (QED) is 0.316. The summed E-state index contributed by atoms with van der Waals surface area (Å²) in [4.78, 5) is -0.343. The molecule has 0 aliphatic carbocycles. The van der Waals surface area contributed by atoms with Crippen molar-refractivity contribution in [3.8, 4) is 6.07 Å². The molecule has 0 rings (SSSR count). The third-order valence-corrected chi connectivity index (χ3v) is 1.02. The molecule has 0 aromatic rings. The molecule has 42 valence electrons. The summed E-state index contributed by atoms with van der Waals surface area (Å²) in [5, 5.41) is 7.95. The maximum absolute atomic E-state index is 9.91. The molecule has 0 saturated carbocycles.